The SMILES string of the molecule is CCN1CCN(C(C)CN=C(N)Nc2cccc(C(C)C)c2)CC1.I. The first kappa shape index (κ1) is 22.2. The lowest BCUT2D eigenvalue weighted by Crippen LogP contribution is -2.50. The lowest BCUT2D eigenvalue weighted by molar-refractivity contribution is 0.109. The van der Waals surface area contributed by atoms with Gasteiger partial charge in [0.05, 0.1) is 6.54 Å². The molecule has 3 N–H and O–H groups in total. The van der Waals surface area contributed by atoms with Crippen molar-refractivity contribution in [2.75, 3.05) is 44.6 Å². The fraction of sp³-hybridized carbons (Fsp3) is 0.632. The third kappa shape index (κ3) is 7.11. The first-order chi connectivity index (χ1) is 11.5. The van der Waals surface area contributed by atoms with E-state index in [4.69, 9.17) is 5.73 Å². The van der Waals surface area contributed by atoms with Crippen molar-refractivity contribution in [2.24, 2.45) is 10.7 Å². The van der Waals surface area contributed by atoms with Crippen LogP contribution in [0.1, 0.15) is 39.2 Å². The highest BCUT2D eigenvalue weighted by Crippen LogP contribution is 2.18. The summed E-state index contributed by atoms with van der Waals surface area (Å²) in [6, 6.07) is 8.79. The summed E-state index contributed by atoms with van der Waals surface area (Å²) >= 11 is 0. The zero-order chi connectivity index (χ0) is 17.5. The van der Waals surface area contributed by atoms with E-state index in [9.17, 15) is 0 Å². The van der Waals surface area contributed by atoms with E-state index in [0.717, 1.165) is 45.0 Å². The Bertz CT molecular complexity index is 538. The van der Waals surface area contributed by atoms with Gasteiger partial charge in [-0.15, -0.1) is 24.0 Å². The molecule has 0 spiro atoms. The fourth-order valence-electron chi connectivity index (χ4n) is 3.03. The van der Waals surface area contributed by atoms with Gasteiger partial charge in [-0.05, 0) is 37.1 Å². The average molecular weight is 459 g/mol. The summed E-state index contributed by atoms with van der Waals surface area (Å²) < 4.78 is 0. The van der Waals surface area contributed by atoms with E-state index >= 15 is 0 Å². The molecule has 1 saturated heterocycles. The Kier molecular flexibility index (Phi) is 9.74. The minimum absolute atomic E-state index is 0. The molecule has 0 bridgehead atoms. The number of rotatable bonds is 6. The second-order valence-electron chi connectivity index (χ2n) is 6.95. The number of benzene rings is 1. The van der Waals surface area contributed by atoms with Gasteiger partial charge in [0.2, 0.25) is 0 Å². The largest absolute Gasteiger partial charge is 0.370 e. The van der Waals surface area contributed by atoms with Crippen LogP contribution in [-0.2, 0) is 0 Å². The highest BCUT2D eigenvalue weighted by Gasteiger charge is 2.19. The number of nitrogens with one attached hydrogen (secondary N) is 1. The van der Waals surface area contributed by atoms with Crippen LogP contribution in [0.25, 0.3) is 0 Å². The second kappa shape index (κ2) is 11.0. The van der Waals surface area contributed by atoms with Crippen LogP contribution in [0.15, 0.2) is 29.3 Å². The Balaban J connectivity index is 0.00000312. The van der Waals surface area contributed by atoms with Crippen molar-refractivity contribution in [1.29, 1.82) is 0 Å². The van der Waals surface area contributed by atoms with Gasteiger partial charge in [0, 0.05) is 37.9 Å². The maximum atomic E-state index is 6.07. The van der Waals surface area contributed by atoms with Crippen LogP contribution in [0.4, 0.5) is 5.69 Å². The zero-order valence-corrected chi connectivity index (χ0v) is 18.4. The Morgan fingerprint density at radius 3 is 2.48 bits per heavy atom. The van der Waals surface area contributed by atoms with Crippen molar-refractivity contribution in [1.82, 2.24) is 9.80 Å². The molecule has 1 aliphatic heterocycles. The van der Waals surface area contributed by atoms with Crippen LogP contribution in [0.2, 0.25) is 0 Å². The predicted molar refractivity (Wildman–Crippen MR) is 119 cm³/mol. The van der Waals surface area contributed by atoms with Gasteiger partial charge in [-0.2, -0.15) is 0 Å². The fourth-order valence-corrected chi connectivity index (χ4v) is 3.03. The van der Waals surface area contributed by atoms with Crippen molar-refractivity contribution in [3.63, 3.8) is 0 Å². The number of nitrogens with two attached hydrogens (primary N) is 1. The van der Waals surface area contributed by atoms with Gasteiger partial charge in [-0.25, -0.2) is 0 Å². The molecule has 1 aromatic carbocycles. The molecule has 0 aromatic heterocycles. The molecule has 142 valence electrons. The molecule has 0 radical (unpaired) electrons. The molecule has 6 heteroatoms. The summed E-state index contributed by atoms with van der Waals surface area (Å²) in [5, 5.41) is 3.21. The van der Waals surface area contributed by atoms with E-state index < -0.39 is 0 Å². The summed E-state index contributed by atoms with van der Waals surface area (Å²) in [5.41, 5.74) is 8.37. The van der Waals surface area contributed by atoms with Gasteiger partial charge >= 0.3 is 0 Å². The van der Waals surface area contributed by atoms with Crippen molar-refractivity contribution in [3.8, 4) is 0 Å². The Morgan fingerprint density at radius 2 is 1.88 bits per heavy atom. The van der Waals surface area contributed by atoms with E-state index in [1.165, 1.54) is 5.56 Å². The first-order valence-electron chi connectivity index (χ1n) is 9.13. The minimum atomic E-state index is 0. The molecule has 1 aliphatic rings. The lowest BCUT2D eigenvalue weighted by Gasteiger charge is -2.37. The lowest BCUT2D eigenvalue weighted by atomic mass is 10.0. The number of guanidine groups is 1. The maximum absolute atomic E-state index is 6.07. The molecule has 0 aliphatic carbocycles. The van der Waals surface area contributed by atoms with E-state index in [2.05, 4.69) is 66.0 Å². The van der Waals surface area contributed by atoms with Gasteiger partial charge in [-0.3, -0.25) is 9.89 Å². The Morgan fingerprint density at radius 1 is 1.20 bits per heavy atom. The second-order valence-corrected chi connectivity index (χ2v) is 6.95. The van der Waals surface area contributed by atoms with Crippen LogP contribution in [-0.4, -0.2) is 61.1 Å². The van der Waals surface area contributed by atoms with Crippen molar-refractivity contribution < 1.29 is 0 Å². The van der Waals surface area contributed by atoms with Gasteiger partial charge in [0.25, 0.3) is 0 Å². The normalized spacial score (nSPS) is 18.0. The maximum Gasteiger partial charge on any atom is 0.193 e. The number of aliphatic imine (C=N–C) groups is 1. The van der Waals surface area contributed by atoms with Gasteiger partial charge in [0.15, 0.2) is 5.96 Å². The van der Waals surface area contributed by atoms with Crippen molar-refractivity contribution >= 4 is 35.6 Å². The smallest absolute Gasteiger partial charge is 0.193 e. The molecule has 2 rings (SSSR count). The van der Waals surface area contributed by atoms with Gasteiger partial charge in [0.1, 0.15) is 0 Å². The zero-order valence-electron chi connectivity index (χ0n) is 16.0. The summed E-state index contributed by atoms with van der Waals surface area (Å²) in [4.78, 5) is 9.53. The topological polar surface area (TPSA) is 56.9 Å². The van der Waals surface area contributed by atoms with E-state index in [-0.39, 0.29) is 24.0 Å². The Labute approximate surface area is 170 Å². The quantitative estimate of drug-likeness (QED) is 0.390. The van der Waals surface area contributed by atoms with Crippen LogP contribution < -0.4 is 11.1 Å². The van der Waals surface area contributed by atoms with Gasteiger partial charge in [-0.1, -0.05) is 32.9 Å². The molecular formula is C19H34IN5. The van der Waals surface area contributed by atoms with E-state index in [1.54, 1.807) is 0 Å². The molecule has 5 nitrogen and oxygen atoms in total. The standard InChI is InChI=1S/C19H33N5.HI/c1-5-23-9-11-24(12-10-23)16(4)14-21-19(20)22-18-8-6-7-17(13-18)15(2)3;/h6-8,13,15-16H,5,9-12,14H2,1-4H3,(H3,20,21,22);1H. The molecule has 1 fully saturated rings. The van der Waals surface area contributed by atoms with E-state index in [1.807, 2.05) is 6.07 Å². The monoisotopic (exact) mass is 459 g/mol. The molecule has 25 heavy (non-hydrogen) atoms. The number of anilines is 1. The van der Waals surface area contributed by atoms with Crippen molar-refractivity contribution in [3.05, 3.63) is 29.8 Å². The summed E-state index contributed by atoms with van der Waals surface area (Å²) in [6.45, 7) is 15.3. The molecule has 1 heterocycles. The highest BCUT2D eigenvalue weighted by atomic mass is 127. The molecule has 1 unspecified atom stereocenters. The minimum Gasteiger partial charge on any atom is -0.370 e. The third-order valence-corrected chi connectivity index (χ3v) is 4.83. The first-order valence-corrected chi connectivity index (χ1v) is 9.13. The number of hydrogen-bond donors (Lipinski definition) is 2. The molecule has 1 atom stereocenters. The third-order valence-electron chi connectivity index (χ3n) is 4.83. The summed E-state index contributed by atoms with van der Waals surface area (Å²) in [5.74, 6) is 1.00. The van der Waals surface area contributed by atoms with E-state index in [0.29, 0.717) is 17.9 Å². The highest BCUT2D eigenvalue weighted by molar-refractivity contribution is 14.0. The van der Waals surface area contributed by atoms with Crippen LogP contribution in [0, 0.1) is 0 Å². The van der Waals surface area contributed by atoms with Crippen molar-refractivity contribution in [2.45, 2.75) is 39.7 Å². The molecule has 0 saturated carbocycles. The molecule has 1 aromatic rings. The van der Waals surface area contributed by atoms with Gasteiger partial charge < -0.3 is 16.0 Å². The number of piperazine rings is 1. The summed E-state index contributed by atoms with van der Waals surface area (Å²) in [7, 11) is 0. The number of nitrogens with zero attached hydrogens (tertiary/aromatic N) is 3. The summed E-state index contributed by atoms with van der Waals surface area (Å²) in [6.07, 6.45) is 0. The van der Waals surface area contributed by atoms with Crippen LogP contribution in [0.5, 0.6) is 0 Å². The Hall–Kier alpha value is -0.860. The molecular weight excluding hydrogens is 425 g/mol. The van der Waals surface area contributed by atoms with Crippen LogP contribution >= 0.6 is 24.0 Å². The number of hydrogen-bond acceptors (Lipinski definition) is 3. The van der Waals surface area contributed by atoms with Crippen LogP contribution in [0.3, 0.4) is 0 Å². The number of likely N-dealkylation sites (N-methyl/N-ethyl adjacent to an activating group) is 1. The average Bonchev–Trinajstić information content (AvgIpc) is 2.60. The number of halogens is 1. The molecule has 0 amide bonds. The predicted octanol–water partition coefficient (Wildman–Crippen LogP) is 3.18.